The van der Waals surface area contributed by atoms with Crippen LogP contribution in [0.1, 0.15) is 5.56 Å². The van der Waals surface area contributed by atoms with Crippen molar-refractivity contribution in [1.82, 2.24) is 10.1 Å². The lowest BCUT2D eigenvalue weighted by Crippen LogP contribution is -1.85. The Morgan fingerprint density at radius 1 is 1.36 bits per heavy atom. The van der Waals surface area contributed by atoms with E-state index in [0.29, 0.717) is 5.56 Å². The van der Waals surface area contributed by atoms with Crippen molar-refractivity contribution in [3.05, 3.63) is 36.0 Å². The molecule has 1 heterocycles. The predicted molar refractivity (Wildman–Crippen MR) is 44.4 cm³/mol. The maximum Gasteiger partial charge on any atom is 0.214 e. The van der Waals surface area contributed by atoms with E-state index in [1.54, 1.807) is 0 Å². The monoisotopic (exact) mass is 189 g/mol. The Labute approximate surface area is 78.6 Å². The van der Waals surface area contributed by atoms with E-state index in [2.05, 4.69) is 14.7 Å². The van der Waals surface area contributed by atoms with Crippen LogP contribution in [0.15, 0.2) is 29.1 Å². The van der Waals surface area contributed by atoms with Crippen LogP contribution in [0.3, 0.4) is 0 Å². The van der Waals surface area contributed by atoms with Crippen LogP contribution < -0.4 is 0 Å². The van der Waals surface area contributed by atoms with Crippen LogP contribution in [-0.2, 0) is 0 Å². The number of hydrogen-bond acceptors (Lipinski definition) is 4. The van der Waals surface area contributed by atoms with Gasteiger partial charge >= 0.3 is 0 Å². The summed E-state index contributed by atoms with van der Waals surface area (Å²) in [5, 5.41) is 12.1. The summed E-state index contributed by atoms with van der Waals surface area (Å²) in [7, 11) is 0. The number of nitrogens with zero attached hydrogens (tertiary/aromatic N) is 3. The van der Waals surface area contributed by atoms with Crippen LogP contribution >= 0.6 is 0 Å². The molecule has 1 aromatic carbocycles. The Balaban J connectivity index is 2.55. The van der Waals surface area contributed by atoms with Gasteiger partial charge in [0, 0.05) is 5.56 Å². The molecule has 0 fully saturated rings. The highest BCUT2D eigenvalue weighted by atomic mass is 19.1. The van der Waals surface area contributed by atoms with Crippen LogP contribution in [0, 0.1) is 17.1 Å². The molecule has 0 radical (unpaired) electrons. The molecule has 0 saturated heterocycles. The van der Waals surface area contributed by atoms with E-state index in [-0.39, 0.29) is 11.4 Å². The van der Waals surface area contributed by atoms with E-state index in [0.717, 1.165) is 12.5 Å². The fourth-order valence-corrected chi connectivity index (χ4v) is 1.08. The molecule has 5 heteroatoms. The van der Waals surface area contributed by atoms with Gasteiger partial charge in [0.1, 0.15) is 5.82 Å². The number of rotatable bonds is 1. The number of hydrogen-bond donors (Lipinski definition) is 0. The van der Waals surface area contributed by atoms with Gasteiger partial charge in [-0.25, -0.2) is 4.39 Å². The van der Waals surface area contributed by atoms with Crippen molar-refractivity contribution in [2.45, 2.75) is 0 Å². The van der Waals surface area contributed by atoms with E-state index < -0.39 is 5.82 Å². The molecule has 4 nitrogen and oxygen atoms in total. The number of nitriles is 1. The second-order valence-corrected chi connectivity index (χ2v) is 2.60. The summed E-state index contributed by atoms with van der Waals surface area (Å²) in [5.74, 6) is -0.232. The molecular formula is C9H4FN3O. The molecular weight excluding hydrogens is 185 g/mol. The lowest BCUT2D eigenvalue weighted by molar-refractivity contribution is 0.418. The first-order valence-electron chi connectivity index (χ1n) is 3.77. The summed E-state index contributed by atoms with van der Waals surface area (Å²) in [5.41, 5.74) is 0.653. The molecule has 0 amide bonds. The largest absolute Gasteiger partial charge is 0.342 e. The molecule has 0 N–H and O–H groups in total. The fraction of sp³-hybridized carbons (Fsp3) is 0. The van der Waals surface area contributed by atoms with Crippen molar-refractivity contribution in [2.24, 2.45) is 0 Å². The topological polar surface area (TPSA) is 62.7 Å². The number of benzene rings is 1. The van der Waals surface area contributed by atoms with E-state index in [1.807, 2.05) is 6.07 Å². The SMILES string of the molecule is N#Cc1cc(F)cc(-c2ncon2)c1. The molecule has 0 atom stereocenters. The molecule has 1 aromatic heterocycles. The van der Waals surface area contributed by atoms with Crippen molar-refractivity contribution in [2.75, 3.05) is 0 Å². The number of aromatic nitrogens is 2. The van der Waals surface area contributed by atoms with E-state index in [4.69, 9.17) is 5.26 Å². The summed E-state index contributed by atoms with van der Waals surface area (Å²) >= 11 is 0. The highest BCUT2D eigenvalue weighted by Crippen LogP contribution is 2.17. The van der Waals surface area contributed by atoms with Gasteiger partial charge in [-0.05, 0) is 18.2 Å². The first-order valence-corrected chi connectivity index (χ1v) is 3.77. The van der Waals surface area contributed by atoms with E-state index >= 15 is 0 Å². The van der Waals surface area contributed by atoms with Crippen LogP contribution in [-0.4, -0.2) is 10.1 Å². The zero-order valence-electron chi connectivity index (χ0n) is 6.94. The van der Waals surface area contributed by atoms with Crippen LogP contribution in [0.25, 0.3) is 11.4 Å². The third kappa shape index (κ3) is 1.45. The summed E-state index contributed by atoms with van der Waals surface area (Å²) < 4.78 is 17.5. The molecule has 0 aliphatic heterocycles. The van der Waals surface area contributed by atoms with Gasteiger partial charge in [0.2, 0.25) is 12.2 Å². The highest BCUT2D eigenvalue weighted by molar-refractivity contribution is 5.57. The minimum absolute atomic E-state index is 0.227. The molecule has 2 rings (SSSR count). The lowest BCUT2D eigenvalue weighted by atomic mass is 10.1. The molecule has 2 aromatic rings. The molecule has 0 saturated carbocycles. The zero-order chi connectivity index (χ0) is 9.97. The Kier molecular flexibility index (Phi) is 1.95. The van der Waals surface area contributed by atoms with Crippen molar-refractivity contribution < 1.29 is 8.91 Å². The lowest BCUT2D eigenvalue weighted by Gasteiger charge is -1.95. The second kappa shape index (κ2) is 3.26. The fourth-order valence-electron chi connectivity index (χ4n) is 1.08. The van der Waals surface area contributed by atoms with Gasteiger partial charge in [-0.1, -0.05) is 5.16 Å². The van der Waals surface area contributed by atoms with Gasteiger partial charge in [-0.3, -0.25) is 0 Å². The Morgan fingerprint density at radius 2 is 2.21 bits per heavy atom. The molecule has 0 aliphatic rings. The minimum Gasteiger partial charge on any atom is -0.342 e. The normalized spacial score (nSPS) is 9.71. The van der Waals surface area contributed by atoms with Gasteiger partial charge in [0.25, 0.3) is 0 Å². The third-order valence-electron chi connectivity index (χ3n) is 1.65. The van der Waals surface area contributed by atoms with Crippen LogP contribution in [0.2, 0.25) is 0 Å². The highest BCUT2D eigenvalue weighted by Gasteiger charge is 2.06. The predicted octanol–water partition coefficient (Wildman–Crippen LogP) is 1.75. The van der Waals surface area contributed by atoms with Crippen molar-refractivity contribution in [3.8, 4) is 17.5 Å². The maximum atomic E-state index is 13.0. The Bertz CT molecular complexity index is 487. The van der Waals surface area contributed by atoms with Gasteiger partial charge < -0.3 is 4.52 Å². The number of halogens is 1. The molecule has 0 unspecified atom stereocenters. The Morgan fingerprint density at radius 3 is 2.86 bits per heavy atom. The minimum atomic E-state index is -0.496. The quantitative estimate of drug-likeness (QED) is 0.685. The Hall–Kier alpha value is -2.22. The zero-order valence-corrected chi connectivity index (χ0v) is 6.94. The molecule has 0 aliphatic carbocycles. The van der Waals surface area contributed by atoms with Crippen molar-refractivity contribution >= 4 is 0 Å². The summed E-state index contributed by atoms with van der Waals surface area (Å²) in [6, 6.07) is 5.72. The molecule has 0 bridgehead atoms. The van der Waals surface area contributed by atoms with E-state index in [1.165, 1.54) is 12.1 Å². The second-order valence-electron chi connectivity index (χ2n) is 2.60. The standard InChI is InChI=1S/C9H4FN3O/c10-8-2-6(4-11)1-7(3-8)9-12-5-14-13-9/h1-3,5H. The first-order chi connectivity index (χ1) is 6.79. The summed E-state index contributed by atoms with van der Waals surface area (Å²) in [6.45, 7) is 0. The van der Waals surface area contributed by atoms with Crippen LogP contribution in [0.5, 0.6) is 0 Å². The van der Waals surface area contributed by atoms with Gasteiger partial charge in [-0.2, -0.15) is 10.2 Å². The molecule has 0 spiro atoms. The third-order valence-corrected chi connectivity index (χ3v) is 1.65. The van der Waals surface area contributed by atoms with E-state index in [9.17, 15) is 4.39 Å². The maximum absolute atomic E-state index is 13.0. The molecule has 14 heavy (non-hydrogen) atoms. The van der Waals surface area contributed by atoms with Crippen molar-refractivity contribution in [3.63, 3.8) is 0 Å². The molecule has 68 valence electrons. The van der Waals surface area contributed by atoms with Gasteiger partial charge in [-0.15, -0.1) is 0 Å². The average Bonchev–Trinajstić information content (AvgIpc) is 2.69. The first kappa shape index (κ1) is 8.38. The summed E-state index contributed by atoms with van der Waals surface area (Å²) in [4.78, 5) is 3.75. The smallest absolute Gasteiger partial charge is 0.214 e. The van der Waals surface area contributed by atoms with Crippen LogP contribution in [0.4, 0.5) is 4.39 Å². The van der Waals surface area contributed by atoms with Gasteiger partial charge in [0.05, 0.1) is 11.6 Å². The average molecular weight is 189 g/mol. The van der Waals surface area contributed by atoms with Crippen molar-refractivity contribution in [1.29, 1.82) is 5.26 Å². The summed E-state index contributed by atoms with van der Waals surface area (Å²) in [6.07, 6.45) is 1.15. The van der Waals surface area contributed by atoms with Gasteiger partial charge in [0.15, 0.2) is 0 Å².